The molecule has 1 N–H and O–H groups in total. The largest absolute Gasteiger partial charge is 0.379 e. The number of sulfonamides is 1. The van der Waals surface area contributed by atoms with E-state index >= 15 is 0 Å². The number of benzene rings is 2. The SMILES string of the molecule is O=C(NCc1ccc(S(=O)(=O)N2CCOCC2)cc1)c1nc(-c2ccccc2)n2c1CCCCC2. The molecule has 3 aromatic rings. The number of hydrogen-bond acceptors (Lipinski definition) is 5. The first-order valence-corrected chi connectivity index (χ1v) is 13.6. The lowest BCUT2D eigenvalue weighted by molar-refractivity contribution is 0.0730. The summed E-state index contributed by atoms with van der Waals surface area (Å²) in [6, 6.07) is 16.7. The lowest BCUT2D eigenvalue weighted by Gasteiger charge is -2.26. The number of amides is 1. The van der Waals surface area contributed by atoms with Gasteiger partial charge in [0.2, 0.25) is 10.0 Å². The Labute approximate surface area is 206 Å². The van der Waals surface area contributed by atoms with Crippen molar-refractivity contribution < 1.29 is 17.9 Å². The number of carbonyl (C=O) groups excluding carboxylic acids is 1. The predicted octanol–water partition coefficient (Wildman–Crippen LogP) is 3.23. The predicted molar refractivity (Wildman–Crippen MR) is 132 cm³/mol. The Hall–Kier alpha value is -3.01. The molecule has 5 rings (SSSR count). The summed E-state index contributed by atoms with van der Waals surface area (Å²) in [4.78, 5) is 18.2. The maximum absolute atomic E-state index is 13.2. The van der Waals surface area contributed by atoms with E-state index in [0.29, 0.717) is 38.5 Å². The van der Waals surface area contributed by atoms with E-state index in [1.165, 1.54) is 4.31 Å². The molecule has 1 fully saturated rings. The number of ether oxygens (including phenoxy) is 1. The number of carbonyl (C=O) groups is 1. The first-order valence-electron chi connectivity index (χ1n) is 12.1. The van der Waals surface area contributed by atoms with Crippen LogP contribution in [-0.2, 0) is 34.3 Å². The molecule has 0 spiro atoms. The van der Waals surface area contributed by atoms with Gasteiger partial charge in [-0.2, -0.15) is 4.31 Å². The molecule has 0 saturated carbocycles. The van der Waals surface area contributed by atoms with Crippen LogP contribution in [0.3, 0.4) is 0 Å². The number of imidazole rings is 1. The van der Waals surface area contributed by atoms with Crippen molar-refractivity contribution in [3.63, 3.8) is 0 Å². The fourth-order valence-electron chi connectivity index (χ4n) is 4.69. The summed E-state index contributed by atoms with van der Waals surface area (Å²) in [5.74, 6) is 0.633. The van der Waals surface area contributed by atoms with E-state index in [-0.39, 0.29) is 10.8 Å². The molecular formula is C26H30N4O4S. The number of morpholine rings is 1. The average Bonchev–Trinajstić information content (AvgIpc) is 3.09. The lowest BCUT2D eigenvalue weighted by Crippen LogP contribution is -2.40. The van der Waals surface area contributed by atoms with Crippen molar-refractivity contribution in [1.82, 2.24) is 19.2 Å². The summed E-state index contributed by atoms with van der Waals surface area (Å²) in [5, 5.41) is 2.98. The van der Waals surface area contributed by atoms with Crippen LogP contribution in [-0.4, -0.2) is 54.5 Å². The summed E-state index contributed by atoms with van der Waals surface area (Å²) in [7, 11) is -3.54. The van der Waals surface area contributed by atoms with Crippen LogP contribution in [0.5, 0.6) is 0 Å². The summed E-state index contributed by atoms with van der Waals surface area (Å²) in [6.07, 6.45) is 4.08. The Kier molecular flexibility index (Phi) is 6.99. The Morgan fingerprint density at radius 2 is 1.69 bits per heavy atom. The molecule has 184 valence electrons. The van der Waals surface area contributed by atoms with Gasteiger partial charge in [0, 0.05) is 31.7 Å². The van der Waals surface area contributed by atoms with Gasteiger partial charge >= 0.3 is 0 Å². The number of hydrogen-bond donors (Lipinski definition) is 1. The van der Waals surface area contributed by atoms with Gasteiger partial charge in [0.1, 0.15) is 11.5 Å². The molecule has 1 aromatic heterocycles. The van der Waals surface area contributed by atoms with Crippen LogP contribution >= 0.6 is 0 Å². The molecule has 35 heavy (non-hydrogen) atoms. The van der Waals surface area contributed by atoms with Crippen LogP contribution in [0.4, 0.5) is 0 Å². The van der Waals surface area contributed by atoms with Gasteiger partial charge in [0.05, 0.1) is 23.8 Å². The second kappa shape index (κ2) is 10.3. The van der Waals surface area contributed by atoms with E-state index in [4.69, 9.17) is 9.72 Å². The summed E-state index contributed by atoms with van der Waals surface area (Å²) < 4.78 is 34.5. The smallest absolute Gasteiger partial charge is 0.272 e. The highest BCUT2D eigenvalue weighted by Crippen LogP contribution is 2.27. The molecule has 2 aliphatic heterocycles. The van der Waals surface area contributed by atoms with Crippen LogP contribution in [0.25, 0.3) is 11.4 Å². The molecular weight excluding hydrogens is 464 g/mol. The third-order valence-corrected chi connectivity index (χ3v) is 8.51. The normalized spacial score (nSPS) is 16.9. The summed E-state index contributed by atoms with van der Waals surface area (Å²) in [6.45, 7) is 2.70. The van der Waals surface area contributed by atoms with Crippen molar-refractivity contribution in [2.24, 2.45) is 0 Å². The van der Waals surface area contributed by atoms with Crippen LogP contribution in [0.2, 0.25) is 0 Å². The molecule has 0 aliphatic carbocycles. The third-order valence-electron chi connectivity index (χ3n) is 6.60. The van der Waals surface area contributed by atoms with Gasteiger partial charge in [-0.3, -0.25) is 4.79 Å². The van der Waals surface area contributed by atoms with Crippen molar-refractivity contribution in [2.45, 2.75) is 43.7 Å². The maximum Gasteiger partial charge on any atom is 0.272 e. The molecule has 8 nitrogen and oxygen atoms in total. The number of rotatable bonds is 6. The van der Waals surface area contributed by atoms with Gasteiger partial charge in [-0.1, -0.05) is 48.9 Å². The van der Waals surface area contributed by atoms with Gasteiger partial charge < -0.3 is 14.6 Å². The summed E-state index contributed by atoms with van der Waals surface area (Å²) >= 11 is 0. The molecule has 1 amide bonds. The molecule has 3 heterocycles. The van der Waals surface area contributed by atoms with Crippen LogP contribution in [0, 0.1) is 0 Å². The van der Waals surface area contributed by atoms with E-state index < -0.39 is 10.0 Å². The van der Waals surface area contributed by atoms with E-state index in [1.54, 1.807) is 24.3 Å². The zero-order valence-electron chi connectivity index (χ0n) is 19.7. The van der Waals surface area contributed by atoms with Crippen molar-refractivity contribution in [1.29, 1.82) is 0 Å². The van der Waals surface area contributed by atoms with Crippen LogP contribution < -0.4 is 5.32 Å². The highest BCUT2D eigenvalue weighted by atomic mass is 32.2. The van der Waals surface area contributed by atoms with E-state index in [2.05, 4.69) is 9.88 Å². The molecule has 0 unspecified atom stereocenters. The third kappa shape index (κ3) is 5.03. The van der Waals surface area contributed by atoms with Gasteiger partial charge in [0.15, 0.2) is 0 Å². The zero-order valence-corrected chi connectivity index (χ0v) is 20.5. The Bertz CT molecular complexity index is 1280. The Balaban J connectivity index is 1.31. The minimum absolute atomic E-state index is 0.206. The van der Waals surface area contributed by atoms with Gasteiger partial charge in [0.25, 0.3) is 5.91 Å². The first-order chi connectivity index (χ1) is 17.0. The molecule has 9 heteroatoms. The Morgan fingerprint density at radius 1 is 0.943 bits per heavy atom. The quantitative estimate of drug-likeness (QED) is 0.568. The van der Waals surface area contributed by atoms with Crippen LogP contribution in [0.15, 0.2) is 59.5 Å². The van der Waals surface area contributed by atoms with E-state index in [0.717, 1.165) is 54.9 Å². The zero-order chi connectivity index (χ0) is 24.3. The summed E-state index contributed by atoms with van der Waals surface area (Å²) in [5.41, 5.74) is 3.31. The molecule has 2 aromatic carbocycles. The molecule has 1 saturated heterocycles. The molecule has 0 radical (unpaired) electrons. The topological polar surface area (TPSA) is 93.5 Å². The minimum Gasteiger partial charge on any atom is -0.379 e. The van der Waals surface area contributed by atoms with Crippen molar-refractivity contribution >= 4 is 15.9 Å². The first kappa shape index (κ1) is 23.7. The standard InChI is InChI=1S/C26H30N4O4S/c31-26(24-23-9-5-2-6-14-30(23)25(28-24)21-7-3-1-4-8-21)27-19-20-10-12-22(13-11-20)35(32,33)29-15-17-34-18-16-29/h1,3-4,7-8,10-13H,2,5-6,9,14-19H2,(H,27,31). The van der Waals surface area contributed by atoms with Crippen LogP contribution in [0.1, 0.15) is 41.0 Å². The maximum atomic E-state index is 13.2. The van der Waals surface area contributed by atoms with E-state index in [1.807, 2.05) is 30.3 Å². The second-order valence-corrected chi connectivity index (χ2v) is 10.8. The number of nitrogens with zero attached hydrogens (tertiary/aromatic N) is 3. The number of fused-ring (bicyclic) bond motifs is 1. The van der Waals surface area contributed by atoms with Gasteiger partial charge in [-0.05, 0) is 37.0 Å². The highest BCUT2D eigenvalue weighted by molar-refractivity contribution is 7.89. The van der Waals surface area contributed by atoms with Gasteiger partial charge in [-0.15, -0.1) is 0 Å². The molecule has 2 aliphatic rings. The minimum atomic E-state index is -3.54. The van der Waals surface area contributed by atoms with Crippen molar-refractivity contribution in [3.8, 4) is 11.4 Å². The number of nitrogens with one attached hydrogen (secondary N) is 1. The monoisotopic (exact) mass is 494 g/mol. The molecule has 0 bridgehead atoms. The molecule has 0 atom stereocenters. The number of aromatic nitrogens is 2. The lowest BCUT2D eigenvalue weighted by atomic mass is 10.1. The fraction of sp³-hybridized carbons (Fsp3) is 0.385. The Morgan fingerprint density at radius 3 is 2.43 bits per heavy atom. The van der Waals surface area contributed by atoms with Crippen molar-refractivity contribution in [2.75, 3.05) is 26.3 Å². The highest BCUT2D eigenvalue weighted by Gasteiger charge is 2.27. The second-order valence-electron chi connectivity index (χ2n) is 8.90. The fourth-order valence-corrected chi connectivity index (χ4v) is 6.10. The van der Waals surface area contributed by atoms with Gasteiger partial charge in [-0.25, -0.2) is 13.4 Å². The average molecular weight is 495 g/mol. The van der Waals surface area contributed by atoms with E-state index in [9.17, 15) is 13.2 Å². The van der Waals surface area contributed by atoms with Crippen molar-refractivity contribution in [3.05, 3.63) is 71.5 Å².